The predicted molar refractivity (Wildman–Crippen MR) is 111 cm³/mol. The molecule has 0 amide bonds. The lowest BCUT2D eigenvalue weighted by Gasteiger charge is -2.05. The molecule has 1 heterocycles. The molecule has 4 rings (SSSR count). The number of benzene rings is 3. The van der Waals surface area contributed by atoms with Gasteiger partial charge in [-0.1, -0.05) is 54.6 Å². The van der Waals surface area contributed by atoms with E-state index in [2.05, 4.69) is 5.10 Å². The molecule has 0 atom stereocenters. The van der Waals surface area contributed by atoms with Gasteiger partial charge in [-0.05, 0) is 41.0 Å². The van der Waals surface area contributed by atoms with Crippen molar-refractivity contribution in [2.75, 3.05) is 7.11 Å². The van der Waals surface area contributed by atoms with E-state index >= 15 is 0 Å². The van der Waals surface area contributed by atoms with Gasteiger partial charge in [0.1, 0.15) is 5.75 Å². The maximum Gasteiger partial charge on any atom is 0.343 e. The summed E-state index contributed by atoms with van der Waals surface area (Å²) in [4.78, 5) is 12.4. The van der Waals surface area contributed by atoms with Gasteiger partial charge in [-0.25, -0.2) is 4.79 Å². The first-order valence-corrected chi connectivity index (χ1v) is 9.24. The number of hydrogen-bond donors (Lipinski definition) is 0. The molecule has 0 bridgehead atoms. The van der Waals surface area contributed by atoms with Gasteiger partial charge in [-0.2, -0.15) is 5.10 Å². The van der Waals surface area contributed by atoms with E-state index < -0.39 is 5.97 Å². The summed E-state index contributed by atoms with van der Waals surface area (Å²) in [5, 5.41) is 4.26. The number of ether oxygens (including phenoxy) is 2. The van der Waals surface area contributed by atoms with Crippen molar-refractivity contribution in [3.05, 3.63) is 102 Å². The molecule has 0 saturated carbocycles. The normalized spacial score (nSPS) is 10.5. The van der Waals surface area contributed by atoms with E-state index in [-0.39, 0.29) is 0 Å². The standard InChI is InChI=1S/C24H20N2O3/c1-28-22-13-7-18(8-14-22)16-26-17-23(15-25-26)29-24(27)21-11-9-20(10-12-21)19-5-3-2-4-6-19/h2-15,17H,16H2,1H3. The molecule has 0 saturated heterocycles. The van der Waals surface area contributed by atoms with Crippen molar-refractivity contribution in [3.8, 4) is 22.6 Å². The van der Waals surface area contributed by atoms with Gasteiger partial charge in [0.05, 0.1) is 31.6 Å². The number of nitrogens with zero attached hydrogens (tertiary/aromatic N) is 2. The average molecular weight is 384 g/mol. The zero-order chi connectivity index (χ0) is 20.1. The van der Waals surface area contributed by atoms with Gasteiger partial charge < -0.3 is 9.47 Å². The smallest absolute Gasteiger partial charge is 0.343 e. The first-order chi connectivity index (χ1) is 14.2. The van der Waals surface area contributed by atoms with E-state index in [0.717, 1.165) is 22.4 Å². The van der Waals surface area contributed by atoms with Crippen LogP contribution in [0.4, 0.5) is 0 Å². The number of carbonyl (C=O) groups is 1. The van der Waals surface area contributed by atoms with Gasteiger partial charge in [-0.3, -0.25) is 4.68 Å². The number of methoxy groups -OCH3 is 1. The summed E-state index contributed by atoms with van der Waals surface area (Å²) in [6, 6.07) is 25.1. The fraction of sp³-hybridized carbons (Fsp3) is 0.0833. The Labute approximate surface area is 169 Å². The van der Waals surface area contributed by atoms with Crippen molar-refractivity contribution in [1.82, 2.24) is 9.78 Å². The van der Waals surface area contributed by atoms with E-state index in [1.165, 1.54) is 0 Å². The third-order valence-electron chi connectivity index (χ3n) is 4.55. The number of aromatic nitrogens is 2. The van der Waals surface area contributed by atoms with Crippen molar-refractivity contribution in [2.24, 2.45) is 0 Å². The fourth-order valence-corrected chi connectivity index (χ4v) is 3.00. The van der Waals surface area contributed by atoms with E-state index in [4.69, 9.17) is 9.47 Å². The van der Waals surface area contributed by atoms with Crippen LogP contribution in [0.1, 0.15) is 15.9 Å². The zero-order valence-electron chi connectivity index (χ0n) is 16.0. The molecular formula is C24H20N2O3. The summed E-state index contributed by atoms with van der Waals surface area (Å²) in [5.41, 5.74) is 3.72. The topological polar surface area (TPSA) is 53.4 Å². The minimum absolute atomic E-state index is 0.409. The monoisotopic (exact) mass is 384 g/mol. The molecule has 5 heteroatoms. The first kappa shape index (κ1) is 18.5. The Kier molecular flexibility index (Phi) is 5.38. The highest BCUT2D eigenvalue weighted by Crippen LogP contribution is 2.20. The molecule has 4 aromatic rings. The van der Waals surface area contributed by atoms with Gasteiger partial charge in [0, 0.05) is 0 Å². The van der Waals surface area contributed by atoms with Crippen LogP contribution in [-0.2, 0) is 6.54 Å². The van der Waals surface area contributed by atoms with E-state index in [1.54, 1.807) is 36.3 Å². The van der Waals surface area contributed by atoms with Crippen LogP contribution >= 0.6 is 0 Å². The van der Waals surface area contributed by atoms with Gasteiger partial charge >= 0.3 is 5.97 Å². The number of carbonyl (C=O) groups excluding carboxylic acids is 1. The summed E-state index contributed by atoms with van der Waals surface area (Å²) in [5.74, 6) is 0.811. The molecular weight excluding hydrogens is 364 g/mol. The largest absolute Gasteiger partial charge is 0.497 e. The third kappa shape index (κ3) is 4.52. The second kappa shape index (κ2) is 8.44. The third-order valence-corrected chi connectivity index (χ3v) is 4.55. The van der Waals surface area contributed by atoms with Gasteiger partial charge in [0.2, 0.25) is 0 Å². The Bertz CT molecular complexity index is 1090. The lowest BCUT2D eigenvalue weighted by Crippen LogP contribution is -2.08. The molecule has 144 valence electrons. The summed E-state index contributed by atoms with van der Waals surface area (Å²) in [7, 11) is 1.64. The van der Waals surface area contributed by atoms with Crippen LogP contribution in [0.5, 0.6) is 11.5 Å². The number of esters is 1. The van der Waals surface area contributed by atoms with Crippen molar-refractivity contribution in [3.63, 3.8) is 0 Å². The average Bonchev–Trinajstić information content (AvgIpc) is 3.21. The van der Waals surface area contributed by atoms with Crippen LogP contribution in [-0.4, -0.2) is 22.9 Å². The Balaban J connectivity index is 1.39. The zero-order valence-corrected chi connectivity index (χ0v) is 16.0. The highest BCUT2D eigenvalue weighted by atomic mass is 16.5. The van der Waals surface area contributed by atoms with E-state index in [1.807, 2.05) is 66.7 Å². The highest BCUT2D eigenvalue weighted by molar-refractivity contribution is 5.91. The first-order valence-electron chi connectivity index (χ1n) is 9.24. The molecule has 3 aromatic carbocycles. The minimum atomic E-state index is -0.409. The molecule has 0 radical (unpaired) electrons. The Hall–Kier alpha value is -3.86. The van der Waals surface area contributed by atoms with Crippen LogP contribution in [0.3, 0.4) is 0 Å². The maximum atomic E-state index is 12.4. The molecule has 5 nitrogen and oxygen atoms in total. The summed E-state index contributed by atoms with van der Waals surface area (Å²) < 4.78 is 12.3. The molecule has 0 N–H and O–H groups in total. The molecule has 0 unspecified atom stereocenters. The summed E-state index contributed by atoms with van der Waals surface area (Å²) in [6.07, 6.45) is 3.25. The Morgan fingerprint density at radius 3 is 2.24 bits per heavy atom. The maximum absolute atomic E-state index is 12.4. The predicted octanol–water partition coefficient (Wildman–Crippen LogP) is 4.83. The molecule has 0 aliphatic heterocycles. The lowest BCUT2D eigenvalue weighted by atomic mass is 10.0. The molecule has 29 heavy (non-hydrogen) atoms. The fourth-order valence-electron chi connectivity index (χ4n) is 3.00. The van der Waals surface area contributed by atoms with Crippen molar-refractivity contribution in [2.45, 2.75) is 6.54 Å². The van der Waals surface area contributed by atoms with Gasteiger partial charge in [-0.15, -0.1) is 0 Å². The molecule has 0 spiro atoms. The van der Waals surface area contributed by atoms with Crippen molar-refractivity contribution >= 4 is 5.97 Å². The van der Waals surface area contributed by atoms with Crippen LogP contribution in [0.2, 0.25) is 0 Å². The van der Waals surface area contributed by atoms with Crippen LogP contribution in [0.15, 0.2) is 91.3 Å². The van der Waals surface area contributed by atoms with E-state index in [9.17, 15) is 4.79 Å². The molecule has 0 aliphatic carbocycles. The summed E-state index contributed by atoms with van der Waals surface area (Å²) >= 11 is 0. The van der Waals surface area contributed by atoms with Crippen molar-refractivity contribution < 1.29 is 14.3 Å². The quantitative estimate of drug-likeness (QED) is 0.447. The number of rotatable bonds is 6. The molecule has 1 aromatic heterocycles. The van der Waals surface area contributed by atoms with Crippen molar-refractivity contribution in [1.29, 1.82) is 0 Å². The minimum Gasteiger partial charge on any atom is -0.497 e. The molecule has 0 fully saturated rings. The lowest BCUT2D eigenvalue weighted by molar-refractivity contribution is 0.0734. The van der Waals surface area contributed by atoms with Crippen LogP contribution in [0, 0.1) is 0 Å². The SMILES string of the molecule is COc1ccc(Cn2cc(OC(=O)c3ccc(-c4ccccc4)cc3)cn2)cc1. The second-order valence-corrected chi connectivity index (χ2v) is 6.55. The summed E-state index contributed by atoms with van der Waals surface area (Å²) in [6.45, 7) is 0.577. The highest BCUT2D eigenvalue weighted by Gasteiger charge is 2.11. The Morgan fingerprint density at radius 1 is 0.862 bits per heavy atom. The van der Waals surface area contributed by atoms with Gasteiger partial charge in [0.25, 0.3) is 0 Å². The van der Waals surface area contributed by atoms with Crippen LogP contribution in [0.25, 0.3) is 11.1 Å². The van der Waals surface area contributed by atoms with Crippen LogP contribution < -0.4 is 9.47 Å². The van der Waals surface area contributed by atoms with E-state index in [0.29, 0.717) is 17.9 Å². The Morgan fingerprint density at radius 2 is 1.55 bits per heavy atom. The molecule has 0 aliphatic rings. The number of hydrogen-bond acceptors (Lipinski definition) is 4. The van der Waals surface area contributed by atoms with Gasteiger partial charge in [0.15, 0.2) is 5.75 Å². The second-order valence-electron chi connectivity index (χ2n) is 6.55.